The maximum atomic E-state index is 13.5. The van der Waals surface area contributed by atoms with Gasteiger partial charge in [-0.05, 0) is 75.9 Å². The van der Waals surface area contributed by atoms with Crippen LogP contribution in [0, 0.1) is 0 Å². The van der Waals surface area contributed by atoms with Crippen molar-refractivity contribution in [3.05, 3.63) is 109 Å². The van der Waals surface area contributed by atoms with Gasteiger partial charge in [0.15, 0.2) is 11.5 Å². The van der Waals surface area contributed by atoms with Crippen molar-refractivity contribution in [1.82, 2.24) is 9.66 Å². The lowest BCUT2D eigenvalue weighted by molar-refractivity contribution is 0.270. The van der Waals surface area contributed by atoms with Gasteiger partial charge in [0.25, 0.3) is 5.56 Å². The summed E-state index contributed by atoms with van der Waals surface area (Å²) in [4.78, 5) is 18.3. The van der Waals surface area contributed by atoms with Gasteiger partial charge in [-0.15, -0.1) is 0 Å². The van der Waals surface area contributed by atoms with Crippen molar-refractivity contribution in [3.8, 4) is 11.5 Å². The van der Waals surface area contributed by atoms with E-state index in [4.69, 9.17) is 14.5 Å². The number of halogens is 2. The zero-order valence-corrected chi connectivity index (χ0v) is 25.7. The monoisotopic (exact) mass is 661 g/mol. The van der Waals surface area contributed by atoms with E-state index >= 15 is 0 Å². The first kappa shape index (κ1) is 28.1. The molecule has 6 nitrogen and oxygen atoms in total. The highest BCUT2D eigenvalue weighted by molar-refractivity contribution is 9.10. The van der Waals surface area contributed by atoms with Gasteiger partial charge >= 0.3 is 0 Å². The minimum Gasteiger partial charge on any atom is -0.490 e. The van der Waals surface area contributed by atoms with Crippen molar-refractivity contribution >= 4 is 59.7 Å². The summed E-state index contributed by atoms with van der Waals surface area (Å²) in [5, 5.41) is 7.45. The number of hydrogen-bond acceptors (Lipinski definition) is 5. The maximum absolute atomic E-state index is 13.5. The molecule has 204 valence electrons. The summed E-state index contributed by atoms with van der Waals surface area (Å²) in [5.41, 5.74) is 2.28. The average molecular weight is 663 g/mol. The molecule has 0 spiro atoms. The van der Waals surface area contributed by atoms with E-state index in [9.17, 15) is 4.79 Å². The first-order valence-corrected chi connectivity index (χ1v) is 14.8. The molecule has 0 aliphatic heterocycles. The Morgan fingerprint density at radius 1 is 0.950 bits per heavy atom. The topological polar surface area (TPSA) is 65.7 Å². The highest BCUT2D eigenvalue weighted by atomic mass is 79.9. The lowest BCUT2D eigenvalue weighted by Crippen LogP contribution is -2.23. The van der Waals surface area contributed by atoms with Crippen LogP contribution in [0.5, 0.6) is 11.5 Å². The summed E-state index contributed by atoms with van der Waals surface area (Å²) < 4.78 is 15.2. The molecule has 0 bridgehead atoms. The Labute approximate surface area is 249 Å². The standard InChI is InChI=1S/C32H29Br2N3O3/c1-4-20(3)31-36-28-14-13-24(33)16-26(28)32(38)37(31)35-18-23-15-29(39-5-2)30(17-27(23)34)40-19-22-11-8-10-21-9-6-7-12-25(21)22/h6-18,20H,4-5,19H2,1-3H3/t20-/m1/s1. The molecule has 0 aliphatic carbocycles. The fraction of sp³-hybridized carbons (Fsp3) is 0.219. The molecule has 0 fully saturated rings. The molecule has 40 heavy (non-hydrogen) atoms. The van der Waals surface area contributed by atoms with Crippen molar-refractivity contribution in [3.63, 3.8) is 0 Å². The molecule has 0 saturated carbocycles. The van der Waals surface area contributed by atoms with Crippen LogP contribution in [0.3, 0.4) is 0 Å². The molecule has 0 saturated heterocycles. The van der Waals surface area contributed by atoms with Crippen molar-refractivity contribution in [2.45, 2.75) is 39.7 Å². The van der Waals surface area contributed by atoms with Gasteiger partial charge in [0.05, 0.1) is 23.7 Å². The van der Waals surface area contributed by atoms with E-state index in [-0.39, 0.29) is 11.5 Å². The van der Waals surface area contributed by atoms with Gasteiger partial charge in [-0.2, -0.15) is 9.78 Å². The van der Waals surface area contributed by atoms with E-state index in [1.54, 1.807) is 12.3 Å². The molecule has 4 aromatic carbocycles. The summed E-state index contributed by atoms with van der Waals surface area (Å²) >= 11 is 7.12. The smallest absolute Gasteiger partial charge is 0.282 e. The van der Waals surface area contributed by atoms with E-state index in [1.165, 1.54) is 10.1 Å². The second-order valence-corrected chi connectivity index (χ2v) is 11.3. The molecule has 1 aromatic heterocycles. The Morgan fingerprint density at radius 3 is 2.52 bits per heavy atom. The molecular weight excluding hydrogens is 634 g/mol. The molecule has 0 N–H and O–H groups in total. The van der Waals surface area contributed by atoms with Gasteiger partial charge in [-0.25, -0.2) is 4.98 Å². The number of benzene rings is 4. The summed E-state index contributed by atoms with van der Waals surface area (Å²) in [6, 6.07) is 23.7. The average Bonchev–Trinajstić information content (AvgIpc) is 2.97. The third-order valence-corrected chi connectivity index (χ3v) is 8.00. The molecule has 1 heterocycles. The molecule has 0 aliphatic rings. The van der Waals surface area contributed by atoms with Gasteiger partial charge in [0.1, 0.15) is 12.4 Å². The van der Waals surface area contributed by atoms with E-state index in [2.05, 4.69) is 68.2 Å². The van der Waals surface area contributed by atoms with Gasteiger partial charge in [-0.3, -0.25) is 4.79 Å². The predicted molar refractivity (Wildman–Crippen MR) is 169 cm³/mol. The molecule has 5 aromatic rings. The highest BCUT2D eigenvalue weighted by Crippen LogP contribution is 2.34. The molecule has 8 heteroatoms. The maximum Gasteiger partial charge on any atom is 0.282 e. The van der Waals surface area contributed by atoms with Crippen LogP contribution in [0.25, 0.3) is 21.7 Å². The van der Waals surface area contributed by atoms with Crippen LogP contribution in [-0.4, -0.2) is 22.5 Å². The van der Waals surface area contributed by atoms with Gasteiger partial charge in [-0.1, -0.05) is 72.2 Å². The van der Waals surface area contributed by atoms with Crippen LogP contribution < -0.4 is 15.0 Å². The Kier molecular flexibility index (Phi) is 8.66. The molecule has 1 atom stereocenters. The van der Waals surface area contributed by atoms with Crippen LogP contribution in [-0.2, 0) is 6.61 Å². The van der Waals surface area contributed by atoms with Crippen LogP contribution >= 0.6 is 31.9 Å². The summed E-state index contributed by atoms with van der Waals surface area (Å²) in [6.45, 7) is 6.92. The normalized spacial score (nSPS) is 12.3. The van der Waals surface area contributed by atoms with Gasteiger partial charge < -0.3 is 9.47 Å². The zero-order valence-electron chi connectivity index (χ0n) is 22.5. The minimum absolute atomic E-state index is 0.0465. The van der Waals surface area contributed by atoms with Gasteiger partial charge in [0, 0.05) is 20.4 Å². The number of fused-ring (bicyclic) bond motifs is 2. The minimum atomic E-state index is -0.214. The zero-order chi connectivity index (χ0) is 28.2. The number of hydrogen-bond donors (Lipinski definition) is 0. The second kappa shape index (κ2) is 12.4. The quantitative estimate of drug-likeness (QED) is 0.149. The van der Waals surface area contributed by atoms with E-state index in [1.807, 2.05) is 56.3 Å². The second-order valence-electron chi connectivity index (χ2n) is 9.48. The fourth-order valence-electron chi connectivity index (χ4n) is 4.50. The molecule has 5 rings (SSSR count). The summed E-state index contributed by atoms with van der Waals surface area (Å²) in [6.07, 6.45) is 2.48. The lowest BCUT2D eigenvalue weighted by atomic mass is 10.1. The van der Waals surface area contributed by atoms with Crippen molar-refractivity contribution < 1.29 is 9.47 Å². The third kappa shape index (κ3) is 5.83. The van der Waals surface area contributed by atoms with Crippen LogP contribution in [0.2, 0.25) is 0 Å². The summed E-state index contributed by atoms with van der Waals surface area (Å²) in [7, 11) is 0. The number of aromatic nitrogens is 2. The lowest BCUT2D eigenvalue weighted by Gasteiger charge is -2.15. The fourth-order valence-corrected chi connectivity index (χ4v) is 5.29. The van der Waals surface area contributed by atoms with E-state index < -0.39 is 0 Å². The summed E-state index contributed by atoms with van der Waals surface area (Å²) in [5.74, 6) is 1.89. The molecule has 0 amide bonds. The Hall–Kier alpha value is -3.49. The van der Waals surface area contributed by atoms with Crippen LogP contribution in [0.15, 0.2) is 91.6 Å². The van der Waals surface area contributed by atoms with E-state index in [0.717, 1.165) is 31.9 Å². The molecule has 0 radical (unpaired) electrons. The first-order valence-electron chi connectivity index (χ1n) is 13.2. The van der Waals surface area contributed by atoms with Crippen LogP contribution in [0.1, 0.15) is 50.1 Å². The Bertz CT molecular complexity index is 1780. The number of rotatable bonds is 9. The first-order chi connectivity index (χ1) is 19.4. The molecule has 0 unspecified atom stereocenters. The Morgan fingerprint density at radius 2 is 1.73 bits per heavy atom. The molecular formula is C32H29Br2N3O3. The number of ether oxygens (including phenoxy) is 2. The largest absolute Gasteiger partial charge is 0.490 e. The van der Waals surface area contributed by atoms with Crippen molar-refractivity contribution in [2.75, 3.05) is 6.61 Å². The third-order valence-electron chi connectivity index (χ3n) is 6.82. The van der Waals surface area contributed by atoms with Crippen molar-refractivity contribution in [2.24, 2.45) is 5.10 Å². The van der Waals surface area contributed by atoms with Gasteiger partial charge in [0.2, 0.25) is 0 Å². The van der Waals surface area contributed by atoms with E-state index in [0.29, 0.717) is 41.4 Å². The van der Waals surface area contributed by atoms with Crippen molar-refractivity contribution in [1.29, 1.82) is 0 Å². The number of nitrogens with zero attached hydrogens (tertiary/aromatic N) is 3. The SMILES string of the molecule is CCOc1cc(C=Nn2c([C@H](C)CC)nc3ccc(Br)cc3c2=O)c(Br)cc1OCc1cccc2ccccc12. The highest BCUT2D eigenvalue weighted by Gasteiger charge is 2.16. The Balaban J connectivity index is 1.50. The predicted octanol–water partition coefficient (Wildman–Crippen LogP) is 8.45. The van der Waals surface area contributed by atoms with Crippen LogP contribution in [0.4, 0.5) is 0 Å².